The summed E-state index contributed by atoms with van der Waals surface area (Å²) >= 11 is 0. The van der Waals surface area contributed by atoms with Gasteiger partial charge < -0.3 is 20.4 Å². The second kappa shape index (κ2) is 10.9. The molecule has 0 saturated heterocycles. The quantitative estimate of drug-likeness (QED) is 0.184. The van der Waals surface area contributed by atoms with Gasteiger partial charge in [-0.2, -0.15) is 0 Å². The molecule has 0 unspecified atom stereocenters. The minimum absolute atomic E-state index is 0.284. The van der Waals surface area contributed by atoms with Gasteiger partial charge in [-0.3, -0.25) is 4.79 Å². The number of fused-ring (bicyclic) bond motifs is 2. The maximum absolute atomic E-state index is 12.9. The van der Waals surface area contributed by atoms with E-state index in [2.05, 4.69) is 57.0 Å². The molecule has 0 fully saturated rings. The van der Waals surface area contributed by atoms with Crippen molar-refractivity contribution in [2.75, 3.05) is 17.2 Å². The second-order valence-electron chi connectivity index (χ2n) is 9.65. The highest BCUT2D eigenvalue weighted by molar-refractivity contribution is 6.05. The Balaban J connectivity index is 1.20. The van der Waals surface area contributed by atoms with Gasteiger partial charge in [-0.25, -0.2) is 14.8 Å². The van der Waals surface area contributed by atoms with Crippen LogP contribution in [0.4, 0.5) is 17.3 Å². The molecule has 0 saturated carbocycles. The van der Waals surface area contributed by atoms with Crippen LogP contribution in [0.3, 0.4) is 0 Å². The van der Waals surface area contributed by atoms with Crippen LogP contribution >= 0.6 is 0 Å². The van der Waals surface area contributed by atoms with Gasteiger partial charge in [-0.15, -0.1) is 0 Å². The minimum Gasteiger partial charge on any atom is -0.462 e. The number of anilines is 3. The van der Waals surface area contributed by atoms with Gasteiger partial charge in [0, 0.05) is 40.2 Å². The lowest BCUT2D eigenvalue weighted by Crippen LogP contribution is -2.13. The van der Waals surface area contributed by atoms with Crippen molar-refractivity contribution in [3.8, 4) is 11.1 Å². The number of H-pyrrole nitrogens is 1. The molecule has 2 heterocycles. The SMILES string of the molecule is CCOC(=O)c1ccc(C(=O)Nc2cc(Nc3ncc4ccc(-c5ccc6[nH]ccc6c5)cc4n3)ccc2C)cc1. The highest BCUT2D eigenvalue weighted by Crippen LogP contribution is 2.28. The second-order valence-corrected chi connectivity index (χ2v) is 9.65. The predicted octanol–water partition coefficient (Wildman–Crippen LogP) is 7.26. The molecule has 41 heavy (non-hydrogen) atoms. The van der Waals surface area contributed by atoms with Gasteiger partial charge in [0.2, 0.25) is 5.95 Å². The van der Waals surface area contributed by atoms with Crippen molar-refractivity contribution >= 4 is 51.0 Å². The van der Waals surface area contributed by atoms with E-state index in [1.807, 2.05) is 37.4 Å². The minimum atomic E-state index is -0.417. The molecule has 0 spiro atoms. The number of aryl methyl sites for hydroxylation is 1. The van der Waals surface area contributed by atoms with E-state index < -0.39 is 5.97 Å². The number of aromatic nitrogens is 3. The number of hydrogen-bond acceptors (Lipinski definition) is 6. The van der Waals surface area contributed by atoms with Crippen LogP contribution in [0.15, 0.2) is 97.3 Å². The first-order valence-corrected chi connectivity index (χ1v) is 13.3. The zero-order chi connectivity index (χ0) is 28.3. The number of hydrogen-bond donors (Lipinski definition) is 3. The molecule has 4 aromatic carbocycles. The summed E-state index contributed by atoms with van der Waals surface area (Å²) in [4.78, 5) is 37.3. The van der Waals surface area contributed by atoms with Gasteiger partial charge in [-0.05, 0) is 96.6 Å². The van der Waals surface area contributed by atoms with E-state index in [4.69, 9.17) is 9.72 Å². The van der Waals surface area contributed by atoms with Crippen molar-refractivity contribution in [1.82, 2.24) is 15.0 Å². The molecule has 0 aliphatic rings. The van der Waals surface area contributed by atoms with Gasteiger partial charge in [0.15, 0.2) is 0 Å². The number of aromatic amines is 1. The number of rotatable bonds is 7. The molecule has 2 aromatic heterocycles. The summed E-state index contributed by atoms with van der Waals surface area (Å²) in [7, 11) is 0. The fraction of sp³-hybridized carbons (Fsp3) is 0.0909. The lowest BCUT2D eigenvalue weighted by atomic mass is 10.0. The smallest absolute Gasteiger partial charge is 0.338 e. The van der Waals surface area contributed by atoms with Crippen LogP contribution in [0, 0.1) is 6.92 Å². The Morgan fingerprint density at radius 2 is 1.63 bits per heavy atom. The highest BCUT2D eigenvalue weighted by atomic mass is 16.5. The lowest BCUT2D eigenvalue weighted by Gasteiger charge is -2.12. The van der Waals surface area contributed by atoms with Gasteiger partial charge >= 0.3 is 5.97 Å². The summed E-state index contributed by atoms with van der Waals surface area (Å²) in [5.74, 6) is -0.251. The molecule has 8 nitrogen and oxygen atoms in total. The van der Waals surface area contributed by atoms with Crippen LogP contribution in [-0.4, -0.2) is 33.4 Å². The summed E-state index contributed by atoms with van der Waals surface area (Å²) in [6, 6.07) is 26.6. The summed E-state index contributed by atoms with van der Waals surface area (Å²) in [6.07, 6.45) is 3.73. The van der Waals surface area contributed by atoms with Gasteiger partial charge in [0.1, 0.15) is 0 Å². The zero-order valence-electron chi connectivity index (χ0n) is 22.6. The van der Waals surface area contributed by atoms with Crippen LogP contribution in [0.25, 0.3) is 32.9 Å². The van der Waals surface area contributed by atoms with Crippen LogP contribution in [-0.2, 0) is 4.74 Å². The van der Waals surface area contributed by atoms with E-state index >= 15 is 0 Å². The van der Waals surface area contributed by atoms with Crippen molar-refractivity contribution in [3.63, 3.8) is 0 Å². The molecule has 202 valence electrons. The third kappa shape index (κ3) is 5.49. The number of benzene rings is 4. The third-order valence-corrected chi connectivity index (χ3v) is 6.87. The molecule has 3 N–H and O–H groups in total. The van der Waals surface area contributed by atoms with Crippen LogP contribution in [0.5, 0.6) is 0 Å². The zero-order valence-corrected chi connectivity index (χ0v) is 22.6. The van der Waals surface area contributed by atoms with E-state index in [-0.39, 0.29) is 5.91 Å². The topological polar surface area (TPSA) is 109 Å². The largest absolute Gasteiger partial charge is 0.462 e. The van der Waals surface area contributed by atoms with Crippen molar-refractivity contribution in [1.29, 1.82) is 0 Å². The van der Waals surface area contributed by atoms with E-state index in [0.29, 0.717) is 29.4 Å². The molecule has 0 bridgehead atoms. The number of nitrogens with zero attached hydrogens (tertiary/aromatic N) is 2. The van der Waals surface area contributed by atoms with Crippen LogP contribution in [0.1, 0.15) is 33.2 Å². The Kier molecular flexibility index (Phi) is 6.87. The summed E-state index contributed by atoms with van der Waals surface area (Å²) < 4.78 is 5.00. The third-order valence-electron chi connectivity index (χ3n) is 6.87. The fourth-order valence-corrected chi connectivity index (χ4v) is 4.63. The Morgan fingerprint density at radius 3 is 2.46 bits per heavy atom. The van der Waals surface area contributed by atoms with E-state index in [1.165, 1.54) is 0 Å². The highest BCUT2D eigenvalue weighted by Gasteiger charge is 2.12. The molecule has 0 aliphatic heterocycles. The number of esters is 1. The number of ether oxygens (including phenoxy) is 1. The Labute approximate surface area is 236 Å². The normalized spacial score (nSPS) is 11.0. The lowest BCUT2D eigenvalue weighted by molar-refractivity contribution is 0.0526. The van der Waals surface area contributed by atoms with Crippen LogP contribution < -0.4 is 10.6 Å². The molecule has 0 atom stereocenters. The Bertz CT molecular complexity index is 1910. The van der Waals surface area contributed by atoms with E-state index in [1.54, 1.807) is 37.4 Å². The summed E-state index contributed by atoms with van der Waals surface area (Å²) in [6.45, 7) is 3.96. The molecular weight excluding hydrogens is 514 g/mol. The van der Waals surface area contributed by atoms with Crippen molar-refractivity contribution in [2.45, 2.75) is 13.8 Å². The first kappa shape index (κ1) is 25.8. The molecule has 6 aromatic rings. The molecule has 0 radical (unpaired) electrons. The average molecular weight is 542 g/mol. The van der Waals surface area contributed by atoms with Crippen molar-refractivity contribution in [2.24, 2.45) is 0 Å². The van der Waals surface area contributed by atoms with Crippen LogP contribution in [0.2, 0.25) is 0 Å². The maximum atomic E-state index is 12.9. The van der Waals surface area contributed by atoms with Crippen molar-refractivity contribution in [3.05, 3.63) is 114 Å². The predicted molar refractivity (Wildman–Crippen MR) is 162 cm³/mol. The van der Waals surface area contributed by atoms with Gasteiger partial charge in [0.05, 0.1) is 17.7 Å². The Hall–Kier alpha value is -5.50. The molecular formula is C33H27N5O3. The van der Waals surface area contributed by atoms with Gasteiger partial charge in [0.25, 0.3) is 5.91 Å². The monoisotopic (exact) mass is 541 g/mol. The van der Waals surface area contributed by atoms with Gasteiger partial charge in [-0.1, -0.05) is 24.3 Å². The standard InChI is InChI=1S/C33H27N5O3/c1-3-41-32(40)22-7-5-21(6-8-22)31(39)37-29-18-27(12-4-20(29)2)36-33-35-19-26-10-9-24(17-30(26)38-33)23-11-13-28-25(16-23)14-15-34-28/h4-19,34H,3H2,1-2H3,(H,37,39)(H,35,36,38). The number of amides is 1. The molecule has 8 heteroatoms. The summed E-state index contributed by atoms with van der Waals surface area (Å²) in [5.41, 5.74) is 7.22. The number of carbonyl (C=O) groups excluding carboxylic acids is 2. The number of carbonyl (C=O) groups is 2. The first-order valence-electron chi connectivity index (χ1n) is 13.3. The maximum Gasteiger partial charge on any atom is 0.338 e. The van der Waals surface area contributed by atoms with E-state index in [9.17, 15) is 9.59 Å². The molecule has 1 amide bonds. The first-order chi connectivity index (χ1) is 20.0. The average Bonchev–Trinajstić information content (AvgIpc) is 3.47. The number of nitrogens with one attached hydrogen (secondary N) is 3. The van der Waals surface area contributed by atoms with E-state index in [0.717, 1.165) is 44.2 Å². The fourth-order valence-electron chi connectivity index (χ4n) is 4.63. The Morgan fingerprint density at radius 1 is 0.854 bits per heavy atom. The molecule has 0 aliphatic carbocycles. The molecule has 6 rings (SSSR count). The summed E-state index contributed by atoms with van der Waals surface area (Å²) in [5, 5.41) is 8.31. The van der Waals surface area contributed by atoms with Crippen molar-refractivity contribution < 1.29 is 14.3 Å².